The van der Waals surface area contributed by atoms with E-state index in [2.05, 4.69) is 43.2 Å². The van der Waals surface area contributed by atoms with Crippen molar-refractivity contribution in [2.75, 3.05) is 12.4 Å². The molecule has 0 unspecified atom stereocenters. The van der Waals surface area contributed by atoms with Crippen LogP contribution in [0.25, 0.3) is 6.08 Å². The van der Waals surface area contributed by atoms with Crippen molar-refractivity contribution in [3.05, 3.63) is 59.8 Å². The molecule has 0 aliphatic heterocycles. The molecule has 0 radical (unpaired) electrons. The highest BCUT2D eigenvalue weighted by molar-refractivity contribution is 6.01. The smallest absolute Gasteiger partial charge is 0.248 e. The third-order valence-electron chi connectivity index (χ3n) is 3.42. The molecule has 0 bridgehead atoms. The van der Waals surface area contributed by atoms with E-state index in [0.717, 1.165) is 5.56 Å². The zero-order valence-corrected chi connectivity index (χ0v) is 14.0. The summed E-state index contributed by atoms with van der Waals surface area (Å²) in [4.78, 5) is 15.9. The van der Waals surface area contributed by atoms with Gasteiger partial charge >= 0.3 is 0 Å². The summed E-state index contributed by atoms with van der Waals surface area (Å²) in [5.74, 6) is 0.314. The molecule has 2 aromatic rings. The van der Waals surface area contributed by atoms with E-state index in [0.29, 0.717) is 11.6 Å². The van der Waals surface area contributed by atoms with Gasteiger partial charge in [0, 0.05) is 12.1 Å². The quantitative estimate of drug-likeness (QED) is 0.867. The zero-order chi connectivity index (χ0) is 16.9. The Balaban J connectivity index is 1.97. The van der Waals surface area contributed by atoms with Crippen molar-refractivity contribution in [2.45, 2.75) is 26.2 Å². The van der Waals surface area contributed by atoms with Crippen molar-refractivity contribution in [3.8, 4) is 5.88 Å². The average molecular weight is 310 g/mol. The maximum atomic E-state index is 11.9. The van der Waals surface area contributed by atoms with Crippen LogP contribution in [0.15, 0.2) is 48.7 Å². The number of nitrogens with one attached hydrogen (secondary N) is 1. The van der Waals surface area contributed by atoms with Crippen molar-refractivity contribution in [3.63, 3.8) is 0 Å². The van der Waals surface area contributed by atoms with Crippen molar-refractivity contribution >= 4 is 17.7 Å². The van der Waals surface area contributed by atoms with E-state index < -0.39 is 0 Å². The number of methoxy groups -OCH3 is 1. The number of hydrogen-bond acceptors (Lipinski definition) is 3. The van der Waals surface area contributed by atoms with Crippen LogP contribution in [-0.4, -0.2) is 18.0 Å². The van der Waals surface area contributed by atoms with Crippen LogP contribution in [0.2, 0.25) is 0 Å². The van der Waals surface area contributed by atoms with E-state index >= 15 is 0 Å². The third kappa shape index (κ3) is 4.95. The fourth-order valence-corrected chi connectivity index (χ4v) is 2.03. The average Bonchev–Trinajstić information content (AvgIpc) is 2.53. The van der Waals surface area contributed by atoms with Crippen LogP contribution in [0, 0.1) is 0 Å². The van der Waals surface area contributed by atoms with Crippen LogP contribution < -0.4 is 10.1 Å². The molecule has 0 saturated heterocycles. The number of amides is 1. The van der Waals surface area contributed by atoms with Gasteiger partial charge in [-0.3, -0.25) is 4.79 Å². The second kappa shape index (κ2) is 7.09. The lowest BCUT2D eigenvalue weighted by molar-refractivity contribution is -0.111. The number of ether oxygens (including phenoxy) is 1. The first kappa shape index (κ1) is 16.7. The van der Waals surface area contributed by atoms with Crippen molar-refractivity contribution in [1.82, 2.24) is 4.98 Å². The van der Waals surface area contributed by atoms with E-state index in [1.54, 1.807) is 31.5 Å². The molecule has 1 amide bonds. The summed E-state index contributed by atoms with van der Waals surface area (Å²) in [6.45, 7) is 6.52. The van der Waals surface area contributed by atoms with Crippen LogP contribution >= 0.6 is 0 Å². The molecule has 1 heterocycles. The lowest BCUT2D eigenvalue weighted by Gasteiger charge is -2.18. The van der Waals surface area contributed by atoms with Gasteiger partial charge in [-0.25, -0.2) is 4.98 Å². The molecule has 0 fully saturated rings. The predicted octanol–water partition coefficient (Wildman–Crippen LogP) is 4.04. The largest absolute Gasteiger partial charge is 0.481 e. The number of pyridine rings is 1. The summed E-state index contributed by atoms with van der Waals surface area (Å²) < 4.78 is 4.98. The Labute approximate surface area is 137 Å². The maximum Gasteiger partial charge on any atom is 0.248 e. The number of nitrogens with zero attached hydrogens (tertiary/aromatic N) is 1. The van der Waals surface area contributed by atoms with Crippen LogP contribution in [0.1, 0.15) is 31.9 Å². The molecule has 0 aliphatic carbocycles. The van der Waals surface area contributed by atoms with Crippen molar-refractivity contribution in [2.24, 2.45) is 0 Å². The van der Waals surface area contributed by atoms with Gasteiger partial charge in [0.25, 0.3) is 0 Å². The highest BCUT2D eigenvalue weighted by Crippen LogP contribution is 2.22. The molecule has 4 nitrogen and oxygen atoms in total. The van der Waals surface area contributed by atoms with Gasteiger partial charge in [0.05, 0.1) is 19.0 Å². The molecule has 1 aromatic carbocycles. The van der Waals surface area contributed by atoms with Crippen LogP contribution in [0.5, 0.6) is 5.88 Å². The minimum Gasteiger partial charge on any atom is -0.481 e. The minimum atomic E-state index is -0.197. The lowest BCUT2D eigenvalue weighted by atomic mass is 9.87. The highest BCUT2D eigenvalue weighted by atomic mass is 16.5. The molecule has 0 spiro atoms. The van der Waals surface area contributed by atoms with E-state index in [9.17, 15) is 4.79 Å². The molecule has 0 saturated carbocycles. The van der Waals surface area contributed by atoms with E-state index in [1.165, 1.54) is 11.6 Å². The molecule has 4 heteroatoms. The summed E-state index contributed by atoms with van der Waals surface area (Å²) in [6, 6.07) is 11.6. The molecule has 1 aromatic heterocycles. The molecular weight excluding hydrogens is 288 g/mol. The van der Waals surface area contributed by atoms with E-state index in [1.807, 2.05) is 12.1 Å². The molecule has 120 valence electrons. The molecule has 23 heavy (non-hydrogen) atoms. The zero-order valence-electron chi connectivity index (χ0n) is 14.0. The number of hydrogen-bond donors (Lipinski definition) is 1. The number of aromatic nitrogens is 1. The Bertz CT molecular complexity index is 681. The minimum absolute atomic E-state index is 0.126. The van der Waals surface area contributed by atoms with E-state index in [-0.39, 0.29) is 11.3 Å². The molecule has 0 aliphatic rings. The van der Waals surface area contributed by atoms with Gasteiger partial charge in [-0.15, -0.1) is 0 Å². The Morgan fingerprint density at radius 1 is 1.13 bits per heavy atom. The number of carbonyl (C=O) groups is 1. The van der Waals surface area contributed by atoms with Gasteiger partial charge in [0.15, 0.2) is 0 Å². The first-order valence-electron chi connectivity index (χ1n) is 7.48. The predicted molar refractivity (Wildman–Crippen MR) is 93.6 cm³/mol. The summed E-state index contributed by atoms with van der Waals surface area (Å²) in [5.41, 5.74) is 3.01. The van der Waals surface area contributed by atoms with E-state index in [4.69, 9.17) is 4.74 Å². The number of rotatable bonds is 4. The highest BCUT2D eigenvalue weighted by Gasteiger charge is 2.12. The van der Waals surface area contributed by atoms with Gasteiger partial charge in [-0.05, 0) is 28.7 Å². The van der Waals surface area contributed by atoms with Gasteiger partial charge in [-0.2, -0.15) is 0 Å². The SMILES string of the molecule is COc1ccc(NC(=O)C=Cc2ccc(C(C)(C)C)cc2)cn1. The van der Waals surface area contributed by atoms with Crippen molar-refractivity contribution in [1.29, 1.82) is 0 Å². The normalized spacial score (nSPS) is 11.5. The Morgan fingerprint density at radius 3 is 2.35 bits per heavy atom. The van der Waals surface area contributed by atoms with Crippen LogP contribution in [0.3, 0.4) is 0 Å². The fourth-order valence-electron chi connectivity index (χ4n) is 2.03. The van der Waals surface area contributed by atoms with Gasteiger partial charge < -0.3 is 10.1 Å². The first-order chi connectivity index (χ1) is 10.9. The molecule has 1 N–H and O–H groups in total. The third-order valence-corrected chi connectivity index (χ3v) is 3.42. The topological polar surface area (TPSA) is 51.2 Å². The number of benzene rings is 1. The molecule has 0 atom stereocenters. The maximum absolute atomic E-state index is 11.9. The summed E-state index contributed by atoms with van der Waals surface area (Å²) in [6.07, 6.45) is 4.86. The van der Waals surface area contributed by atoms with Crippen LogP contribution in [0.4, 0.5) is 5.69 Å². The Hall–Kier alpha value is -2.62. The van der Waals surface area contributed by atoms with Gasteiger partial charge in [-0.1, -0.05) is 45.0 Å². The number of anilines is 1. The molecule has 2 rings (SSSR count). The monoisotopic (exact) mass is 310 g/mol. The standard InChI is InChI=1S/C19H22N2O2/c1-19(2,3)15-8-5-14(6-9-15)7-11-17(22)21-16-10-12-18(23-4)20-13-16/h5-13H,1-4H3,(H,21,22). The van der Waals surface area contributed by atoms with Gasteiger partial charge in [0.2, 0.25) is 11.8 Å². The summed E-state index contributed by atoms with van der Waals surface area (Å²) in [5, 5.41) is 2.76. The second-order valence-corrected chi connectivity index (χ2v) is 6.28. The van der Waals surface area contributed by atoms with Crippen molar-refractivity contribution < 1.29 is 9.53 Å². The lowest BCUT2D eigenvalue weighted by Crippen LogP contribution is -2.10. The number of carbonyl (C=O) groups excluding carboxylic acids is 1. The van der Waals surface area contributed by atoms with Gasteiger partial charge in [0.1, 0.15) is 0 Å². The summed E-state index contributed by atoms with van der Waals surface area (Å²) >= 11 is 0. The molecular formula is C19H22N2O2. The fraction of sp³-hybridized carbons (Fsp3) is 0.263. The first-order valence-corrected chi connectivity index (χ1v) is 7.48. The second-order valence-electron chi connectivity index (χ2n) is 6.28. The van der Waals surface area contributed by atoms with Crippen LogP contribution in [-0.2, 0) is 10.2 Å². The summed E-state index contributed by atoms with van der Waals surface area (Å²) in [7, 11) is 1.55. The Morgan fingerprint density at radius 2 is 1.83 bits per heavy atom. The Kier molecular flexibility index (Phi) is 5.16.